The molecule has 0 unspecified atom stereocenters. The third kappa shape index (κ3) is 6.29. The van der Waals surface area contributed by atoms with E-state index < -0.39 is 0 Å². The molecule has 0 bridgehead atoms. The second-order valence-corrected chi connectivity index (χ2v) is 8.66. The maximum absolute atomic E-state index is 11.9. The molecule has 1 heterocycles. The average molecular weight is 509 g/mol. The van der Waals surface area contributed by atoms with Gasteiger partial charge in [0.1, 0.15) is 36.3 Å². The molecule has 188 valence electrons. The molecule has 8 heteroatoms. The van der Waals surface area contributed by atoms with Crippen molar-refractivity contribution in [3.8, 4) is 17.2 Å². The minimum absolute atomic E-state index is 0.236. The summed E-state index contributed by atoms with van der Waals surface area (Å²) < 4.78 is 24.6. The Balaban J connectivity index is 1.50. The molecule has 0 amide bonds. The number of imidazole rings is 1. The monoisotopic (exact) mass is 508 g/mol. The van der Waals surface area contributed by atoms with Crippen molar-refractivity contribution in [1.29, 1.82) is 0 Å². The summed E-state index contributed by atoms with van der Waals surface area (Å²) in [4.78, 5) is 16.6. The number of ether oxygens (including phenoxy) is 4. The zero-order chi connectivity index (χ0) is 25.5. The zero-order valence-corrected chi connectivity index (χ0v) is 21.4. The number of hydrogen-bond donors (Lipinski definition) is 0. The summed E-state index contributed by atoms with van der Waals surface area (Å²) in [5, 5.41) is 0.671. The fourth-order valence-corrected chi connectivity index (χ4v) is 3.93. The van der Waals surface area contributed by atoms with Crippen molar-refractivity contribution in [2.45, 2.75) is 33.0 Å². The molecule has 0 saturated heterocycles. The van der Waals surface area contributed by atoms with Crippen LogP contribution in [0.4, 0.5) is 0 Å². The summed E-state index contributed by atoms with van der Waals surface area (Å²) in [6.45, 7) is 2.80. The van der Waals surface area contributed by atoms with Crippen molar-refractivity contribution in [2.24, 2.45) is 7.05 Å². The summed E-state index contributed by atoms with van der Waals surface area (Å²) in [5.41, 5.74) is 3.73. The highest BCUT2D eigenvalue weighted by Gasteiger charge is 2.13. The van der Waals surface area contributed by atoms with E-state index in [-0.39, 0.29) is 19.0 Å². The summed E-state index contributed by atoms with van der Waals surface area (Å²) in [6, 6.07) is 18.9. The van der Waals surface area contributed by atoms with E-state index >= 15 is 0 Å². The normalized spacial score (nSPS) is 10.9. The number of esters is 1. The van der Waals surface area contributed by atoms with Gasteiger partial charge >= 0.3 is 5.97 Å². The second kappa shape index (κ2) is 11.8. The Hall–Kier alpha value is -3.71. The summed E-state index contributed by atoms with van der Waals surface area (Å²) in [5.74, 6) is 2.62. The molecule has 4 rings (SSSR count). The Morgan fingerprint density at radius 3 is 2.50 bits per heavy atom. The highest BCUT2D eigenvalue weighted by Crippen LogP contribution is 2.28. The Kier molecular flexibility index (Phi) is 8.33. The van der Waals surface area contributed by atoms with Crippen LogP contribution in [0.1, 0.15) is 30.3 Å². The Morgan fingerprint density at radius 2 is 1.75 bits per heavy atom. The van der Waals surface area contributed by atoms with Crippen molar-refractivity contribution >= 4 is 28.6 Å². The molecular formula is C28H29ClN2O5. The van der Waals surface area contributed by atoms with Crippen LogP contribution in [0.3, 0.4) is 0 Å². The fourth-order valence-electron chi connectivity index (χ4n) is 3.80. The molecule has 36 heavy (non-hydrogen) atoms. The largest absolute Gasteiger partial charge is 0.497 e. The highest BCUT2D eigenvalue weighted by atomic mass is 35.5. The smallest absolute Gasteiger partial charge is 0.306 e. The number of rotatable bonds is 11. The van der Waals surface area contributed by atoms with Gasteiger partial charge in [-0.25, -0.2) is 4.98 Å². The van der Waals surface area contributed by atoms with Crippen LogP contribution in [-0.4, -0.2) is 29.2 Å². The molecule has 0 saturated carbocycles. The van der Waals surface area contributed by atoms with Crippen LogP contribution in [0, 0.1) is 0 Å². The van der Waals surface area contributed by atoms with E-state index in [1.807, 2.05) is 72.3 Å². The number of carbonyl (C=O) groups is 1. The van der Waals surface area contributed by atoms with Crippen LogP contribution < -0.4 is 14.2 Å². The van der Waals surface area contributed by atoms with Crippen LogP contribution in [0.15, 0.2) is 60.7 Å². The Labute approximate surface area is 215 Å². The first-order valence-electron chi connectivity index (χ1n) is 11.7. The molecule has 0 atom stereocenters. The van der Waals surface area contributed by atoms with Gasteiger partial charge in [-0.2, -0.15) is 0 Å². The summed E-state index contributed by atoms with van der Waals surface area (Å²) in [6.07, 6.45) is 0.774. The maximum atomic E-state index is 11.9. The Morgan fingerprint density at radius 1 is 0.972 bits per heavy atom. The maximum Gasteiger partial charge on any atom is 0.306 e. The molecule has 0 aliphatic carbocycles. The first-order chi connectivity index (χ1) is 17.5. The van der Waals surface area contributed by atoms with Gasteiger partial charge in [-0.1, -0.05) is 29.8 Å². The number of halogens is 1. The molecule has 0 radical (unpaired) electrons. The SMILES string of the molecule is CCOC(=O)CCc1ccc(OCc2nc3ccc(OC)cc3n2C)cc1OCc1ccc(Cl)cc1. The predicted octanol–water partition coefficient (Wildman–Crippen LogP) is 5.89. The van der Waals surface area contributed by atoms with Gasteiger partial charge in [-0.05, 0) is 54.8 Å². The number of carbonyl (C=O) groups excluding carboxylic acids is 1. The number of nitrogens with zero attached hydrogens (tertiary/aromatic N) is 2. The van der Waals surface area contributed by atoms with E-state index in [0.29, 0.717) is 36.2 Å². The van der Waals surface area contributed by atoms with E-state index in [1.165, 1.54) is 0 Å². The second-order valence-electron chi connectivity index (χ2n) is 8.22. The van der Waals surface area contributed by atoms with Gasteiger partial charge in [-0.3, -0.25) is 4.79 Å². The number of fused-ring (bicyclic) bond motifs is 1. The van der Waals surface area contributed by atoms with Crippen LogP contribution in [0.25, 0.3) is 11.0 Å². The predicted molar refractivity (Wildman–Crippen MR) is 139 cm³/mol. The molecule has 0 aliphatic rings. The topological polar surface area (TPSA) is 71.8 Å². The summed E-state index contributed by atoms with van der Waals surface area (Å²) in [7, 11) is 3.59. The van der Waals surface area contributed by atoms with Crippen LogP contribution >= 0.6 is 11.6 Å². The van der Waals surface area contributed by atoms with Crippen molar-refractivity contribution in [3.05, 3.63) is 82.6 Å². The molecule has 0 spiro atoms. The third-order valence-corrected chi connectivity index (χ3v) is 6.05. The fraction of sp³-hybridized carbons (Fsp3) is 0.286. The van der Waals surface area contributed by atoms with E-state index in [4.69, 9.17) is 30.5 Å². The number of aryl methyl sites for hydroxylation is 2. The van der Waals surface area contributed by atoms with E-state index in [1.54, 1.807) is 14.0 Å². The molecule has 0 aliphatic heterocycles. The number of benzene rings is 3. The van der Waals surface area contributed by atoms with Crippen LogP contribution in [0.5, 0.6) is 17.2 Å². The zero-order valence-electron chi connectivity index (χ0n) is 20.6. The van der Waals surface area contributed by atoms with Crippen molar-refractivity contribution < 1.29 is 23.7 Å². The average Bonchev–Trinajstić information content (AvgIpc) is 3.21. The molecule has 0 fully saturated rings. The first kappa shape index (κ1) is 25.4. The highest BCUT2D eigenvalue weighted by molar-refractivity contribution is 6.30. The standard InChI is InChI=1S/C28H29ClN2O5/c1-4-34-28(32)14-8-20-7-11-23(16-26(20)36-17-19-5-9-21(29)10-6-19)35-18-27-30-24-13-12-22(33-3)15-25(24)31(27)2/h5-7,9-13,15-16H,4,8,14,17-18H2,1-3H3. The van der Waals surface area contributed by atoms with Crippen LogP contribution in [-0.2, 0) is 36.2 Å². The van der Waals surface area contributed by atoms with Gasteiger partial charge in [0.15, 0.2) is 0 Å². The van der Waals surface area contributed by atoms with Crippen molar-refractivity contribution in [2.75, 3.05) is 13.7 Å². The lowest BCUT2D eigenvalue weighted by molar-refractivity contribution is -0.143. The first-order valence-corrected chi connectivity index (χ1v) is 12.1. The molecule has 7 nitrogen and oxygen atoms in total. The molecule has 1 aromatic heterocycles. The van der Waals surface area contributed by atoms with Gasteiger partial charge in [0.2, 0.25) is 0 Å². The quantitative estimate of drug-likeness (QED) is 0.235. The van der Waals surface area contributed by atoms with Crippen molar-refractivity contribution in [3.63, 3.8) is 0 Å². The van der Waals surface area contributed by atoms with Gasteiger partial charge in [0.05, 0.1) is 24.8 Å². The van der Waals surface area contributed by atoms with Gasteiger partial charge in [0.25, 0.3) is 0 Å². The van der Waals surface area contributed by atoms with Gasteiger partial charge < -0.3 is 23.5 Å². The van der Waals surface area contributed by atoms with E-state index in [2.05, 4.69) is 4.98 Å². The lowest BCUT2D eigenvalue weighted by Crippen LogP contribution is -2.07. The number of aromatic nitrogens is 2. The molecule has 4 aromatic rings. The van der Waals surface area contributed by atoms with Crippen LogP contribution in [0.2, 0.25) is 5.02 Å². The van der Waals surface area contributed by atoms with E-state index in [9.17, 15) is 4.79 Å². The minimum Gasteiger partial charge on any atom is -0.497 e. The van der Waals surface area contributed by atoms with Gasteiger partial charge in [0, 0.05) is 30.6 Å². The Bertz CT molecular complexity index is 1330. The van der Waals surface area contributed by atoms with E-state index in [0.717, 1.165) is 33.7 Å². The third-order valence-electron chi connectivity index (χ3n) is 5.80. The summed E-state index contributed by atoms with van der Waals surface area (Å²) >= 11 is 5.99. The minimum atomic E-state index is -0.236. The van der Waals surface area contributed by atoms with Crippen molar-refractivity contribution in [1.82, 2.24) is 9.55 Å². The molecular weight excluding hydrogens is 480 g/mol. The molecule has 0 N–H and O–H groups in total. The lowest BCUT2D eigenvalue weighted by atomic mass is 10.1. The van der Waals surface area contributed by atoms with Gasteiger partial charge in [-0.15, -0.1) is 0 Å². The number of methoxy groups -OCH3 is 1. The number of hydrogen-bond acceptors (Lipinski definition) is 6. The lowest BCUT2D eigenvalue weighted by Gasteiger charge is -2.14. The molecule has 3 aromatic carbocycles.